The SMILES string of the molecule is COc1cccc([C@@H]2Nc3c(Cl)ccc(C(F)(F)F)c3[C@@H]3C=CC[C@H]32)c1OC. The Labute approximate surface area is 166 Å². The van der Waals surface area contributed by atoms with Gasteiger partial charge >= 0.3 is 6.18 Å². The summed E-state index contributed by atoms with van der Waals surface area (Å²) in [5, 5.41) is 3.56. The lowest BCUT2D eigenvalue weighted by Gasteiger charge is -2.39. The first-order chi connectivity index (χ1) is 13.4. The molecule has 0 radical (unpaired) electrons. The number of anilines is 1. The van der Waals surface area contributed by atoms with Gasteiger partial charge in [0.05, 0.1) is 36.5 Å². The Hall–Kier alpha value is -2.34. The number of rotatable bonds is 3. The predicted molar refractivity (Wildman–Crippen MR) is 102 cm³/mol. The number of fused-ring (bicyclic) bond motifs is 3. The van der Waals surface area contributed by atoms with E-state index in [4.69, 9.17) is 21.1 Å². The van der Waals surface area contributed by atoms with Crippen molar-refractivity contribution < 1.29 is 22.6 Å². The molecule has 0 spiro atoms. The molecule has 0 bridgehead atoms. The molecular weight excluding hydrogens is 391 g/mol. The molecule has 2 aliphatic rings. The first-order valence-corrected chi connectivity index (χ1v) is 9.28. The maximum Gasteiger partial charge on any atom is 0.416 e. The van der Waals surface area contributed by atoms with Crippen LogP contribution >= 0.6 is 11.6 Å². The van der Waals surface area contributed by atoms with Crippen LogP contribution in [0.4, 0.5) is 18.9 Å². The number of benzene rings is 2. The van der Waals surface area contributed by atoms with Gasteiger partial charge in [-0.05, 0) is 36.1 Å². The summed E-state index contributed by atoms with van der Waals surface area (Å²) in [5.41, 5.74) is 0.743. The van der Waals surface area contributed by atoms with E-state index in [2.05, 4.69) is 5.32 Å². The van der Waals surface area contributed by atoms with E-state index in [1.807, 2.05) is 24.3 Å². The van der Waals surface area contributed by atoms with Crippen molar-refractivity contribution in [2.45, 2.75) is 24.6 Å². The van der Waals surface area contributed by atoms with Crippen LogP contribution < -0.4 is 14.8 Å². The average Bonchev–Trinajstić information content (AvgIpc) is 3.16. The van der Waals surface area contributed by atoms with Crippen molar-refractivity contribution in [1.29, 1.82) is 0 Å². The van der Waals surface area contributed by atoms with Crippen molar-refractivity contribution in [3.63, 3.8) is 0 Å². The second-order valence-corrected chi connectivity index (χ2v) is 7.35. The third-order valence-electron chi connectivity index (χ3n) is 5.54. The molecule has 0 fully saturated rings. The van der Waals surface area contributed by atoms with Gasteiger partial charge < -0.3 is 14.8 Å². The second-order valence-electron chi connectivity index (χ2n) is 6.94. The summed E-state index contributed by atoms with van der Waals surface area (Å²) in [7, 11) is 3.11. The fraction of sp³-hybridized carbons (Fsp3) is 0.333. The molecule has 0 saturated carbocycles. The molecule has 148 valence electrons. The fourth-order valence-electron chi connectivity index (χ4n) is 4.39. The molecule has 3 nitrogen and oxygen atoms in total. The molecule has 2 aromatic carbocycles. The molecular formula is C21H19ClF3NO2. The molecule has 3 atom stereocenters. The number of alkyl halides is 3. The van der Waals surface area contributed by atoms with Crippen molar-refractivity contribution in [1.82, 2.24) is 0 Å². The number of hydrogen-bond acceptors (Lipinski definition) is 3. The van der Waals surface area contributed by atoms with Gasteiger partial charge in [-0.1, -0.05) is 35.9 Å². The Balaban J connectivity index is 1.89. The minimum absolute atomic E-state index is 0.0897. The molecule has 28 heavy (non-hydrogen) atoms. The number of methoxy groups -OCH3 is 2. The minimum Gasteiger partial charge on any atom is -0.493 e. The highest BCUT2D eigenvalue weighted by molar-refractivity contribution is 6.33. The second kappa shape index (κ2) is 6.92. The van der Waals surface area contributed by atoms with E-state index in [0.717, 1.165) is 11.6 Å². The van der Waals surface area contributed by atoms with Crippen LogP contribution in [0.3, 0.4) is 0 Å². The molecule has 1 aliphatic heterocycles. The van der Waals surface area contributed by atoms with Crippen LogP contribution in [0.15, 0.2) is 42.5 Å². The van der Waals surface area contributed by atoms with Crippen molar-refractivity contribution in [3.8, 4) is 11.5 Å². The molecule has 2 aromatic rings. The number of para-hydroxylation sites is 1. The van der Waals surface area contributed by atoms with Crippen LogP contribution in [-0.2, 0) is 6.18 Å². The molecule has 1 aliphatic carbocycles. The van der Waals surface area contributed by atoms with E-state index in [1.165, 1.54) is 6.07 Å². The van der Waals surface area contributed by atoms with Crippen LogP contribution in [0.5, 0.6) is 11.5 Å². The summed E-state index contributed by atoms with van der Waals surface area (Å²) in [6, 6.07) is 7.64. The van der Waals surface area contributed by atoms with Crippen LogP contribution in [0.25, 0.3) is 0 Å². The Morgan fingerprint density at radius 3 is 2.57 bits per heavy atom. The third-order valence-corrected chi connectivity index (χ3v) is 5.86. The van der Waals surface area contributed by atoms with Crippen LogP contribution in [0, 0.1) is 5.92 Å². The van der Waals surface area contributed by atoms with Gasteiger partial charge in [-0.2, -0.15) is 13.2 Å². The van der Waals surface area contributed by atoms with Gasteiger partial charge in [-0.15, -0.1) is 0 Å². The largest absolute Gasteiger partial charge is 0.493 e. The lowest BCUT2D eigenvalue weighted by atomic mass is 9.75. The van der Waals surface area contributed by atoms with Crippen molar-refractivity contribution in [2.24, 2.45) is 5.92 Å². The zero-order chi connectivity index (χ0) is 20.1. The standard InChI is InChI=1S/C21H19ClF3NO2/c1-27-16-8-4-7-13(20(16)28-2)18-12-6-3-5-11(12)17-14(21(23,24)25)9-10-15(22)19(17)26-18/h3-5,7-12,18,26H,6H2,1-2H3/t11-,12-,18-/m1/s1. The lowest BCUT2D eigenvalue weighted by molar-refractivity contribution is -0.138. The van der Waals surface area contributed by atoms with E-state index in [1.54, 1.807) is 20.3 Å². The Bertz CT molecular complexity index is 942. The quantitative estimate of drug-likeness (QED) is 0.612. The molecule has 0 saturated heterocycles. The first-order valence-electron chi connectivity index (χ1n) is 8.90. The van der Waals surface area contributed by atoms with Gasteiger partial charge in [0.1, 0.15) is 0 Å². The van der Waals surface area contributed by atoms with Crippen molar-refractivity contribution in [3.05, 3.63) is 64.2 Å². The Kier molecular flexibility index (Phi) is 4.70. The number of halogens is 4. The summed E-state index contributed by atoms with van der Waals surface area (Å²) in [6.07, 6.45) is 0.00610. The highest BCUT2D eigenvalue weighted by atomic mass is 35.5. The zero-order valence-corrected chi connectivity index (χ0v) is 16.1. The van der Waals surface area contributed by atoms with E-state index >= 15 is 0 Å². The number of hydrogen-bond donors (Lipinski definition) is 1. The van der Waals surface area contributed by atoms with Crippen LogP contribution in [0.1, 0.15) is 35.1 Å². The molecule has 0 unspecified atom stereocenters. The predicted octanol–water partition coefficient (Wildman–Crippen LogP) is 6.20. The van der Waals surface area contributed by atoms with Gasteiger partial charge in [0, 0.05) is 11.5 Å². The van der Waals surface area contributed by atoms with E-state index in [-0.39, 0.29) is 28.5 Å². The third kappa shape index (κ3) is 2.91. The monoisotopic (exact) mass is 409 g/mol. The van der Waals surface area contributed by atoms with Gasteiger partial charge in [0.15, 0.2) is 11.5 Å². The summed E-state index contributed by atoms with van der Waals surface area (Å²) < 4.78 is 52.0. The highest BCUT2D eigenvalue weighted by Crippen LogP contribution is 2.56. The van der Waals surface area contributed by atoms with E-state index in [0.29, 0.717) is 23.6 Å². The smallest absolute Gasteiger partial charge is 0.416 e. The number of nitrogens with one attached hydrogen (secondary N) is 1. The molecule has 4 rings (SSSR count). The molecule has 7 heteroatoms. The normalized spacial score (nSPS) is 23.0. The Morgan fingerprint density at radius 1 is 1.11 bits per heavy atom. The number of allylic oxidation sites excluding steroid dienone is 2. The van der Waals surface area contributed by atoms with Crippen molar-refractivity contribution >= 4 is 17.3 Å². The lowest BCUT2D eigenvalue weighted by Crippen LogP contribution is -2.31. The number of ether oxygens (including phenoxy) is 2. The summed E-state index contributed by atoms with van der Waals surface area (Å²) in [5.74, 6) is 0.672. The Morgan fingerprint density at radius 2 is 1.89 bits per heavy atom. The van der Waals surface area contributed by atoms with Gasteiger partial charge in [0.25, 0.3) is 0 Å². The van der Waals surface area contributed by atoms with Crippen molar-refractivity contribution in [2.75, 3.05) is 19.5 Å². The first kappa shape index (κ1) is 19.0. The maximum absolute atomic E-state index is 13.7. The van der Waals surface area contributed by atoms with Crippen LogP contribution in [-0.4, -0.2) is 14.2 Å². The van der Waals surface area contributed by atoms with Gasteiger partial charge in [-0.3, -0.25) is 0 Å². The molecule has 1 heterocycles. The maximum atomic E-state index is 13.7. The zero-order valence-electron chi connectivity index (χ0n) is 15.3. The molecule has 1 N–H and O–H groups in total. The summed E-state index contributed by atoms with van der Waals surface area (Å²) in [6.45, 7) is 0. The topological polar surface area (TPSA) is 30.5 Å². The fourth-order valence-corrected chi connectivity index (χ4v) is 4.61. The molecule has 0 aromatic heterocycles. The highest BCUT2D eigenvalue weighted by Gasteiger charge is 2.45. The summed E-state index contributed by atoms with van der Waals surface area (Å²) in [4.78, 5) is 0. The van der Waals surface area contributed by atoms with E-state index < -0.39 is 11.7 Å². The van der Waals surface area contributed by atoms with E-state index in [9.17, 15) is 13.2 Å². The van der Waals surface area contributed by atoms with Crippen LogP contribution in [0.2, 0.25) is 5.02 Å². The molecule has 0 amide bonds. The minimum atomic E-state index is -4.45. The summed E-state index contributed by atoms with van der Waals surface area (Å²) >= 11 is 6.33. The van der Waals surface area contributed by atoms with Gasteiger partial charge in [-0.25, -0.2) is 0 Å². The van der Waals surface area contributed by atoms with Gasteiger partial charge in [0.2, 0.25) is 0 Å². The average molecular weight is 410 g/mol.